The van der Waals surface area contributed by atoms with Crippen LogP contribution in [0.2, 0.25) is 5.02 Å². The standard InChI is InChI=1S/C16H26ClN2O2PS/c1-6-14(5)23-22(20,21)18(7-2)12-19(13(3)4)16-10-8-15(17)9-11-16/h8-14H,6-7H2,1-5H3/p+1. The quantitative estimate of drug-likeness (QED) is 0.382. The molecule has 2 atom stereocenters. The van der Waals surface area contributed by atoms with Crippen molar-refractivity contribution in [3.8, 4) is 0 Å². The van der Waals surface area contributed by atoms with Gasteiger partial charge in [-0.25, -0.2) is 9.46 Å². The van der Waals surface area contributed by atoms with Crippen molar-refractivity contribution in [2.24, 2.45) is 0 Å². The Labute approximate surface area is 148 Å². The molecule has 0 saturated carbocycles. The Hall–Kier alpha value is -0.480. The summed E-state index contributed by atoms with van der Waals surface area (Å²) in [5.41, 5.74) is 0.941. The van der Waals surface area contributed by atoms with E-state index in [0.717, 1.165) is 23.5 Å². The van der Waals surface area contributed by atoms with Crippen molar-refractivity contribution in [1.29, 1.82) is 0 Å². The highest BCUT2D eigenvalue weighted by molar-refractivity contribution is 8.54. The molecule has 0 spiro atoms. The number of hydrogen-bond donors (Lipinski definition) is 1. The first-order valence-corrected chi connectivity index (χ1v) is 11.4. The summed E-state index contributed by atoms with van der Waals surface area (Å²) in [5.74, 6) is 0. The maximum absolute atomic E-state index is 12.7. The van der Waals surface area contributed by atoms with Crippen LogP contribution >= 0.6 is 29.7 Å². The molecule has 1 aromatic rings. The van der Waals surface area contributed by atoms with Crippen molar-refractivity contribution >= 4 is 41.7 Å². The third-order valence-corrected chi connectivity index (χ3v) is 8.27. The van der Waals surface area contributed by atoms with Crippen LogP contribution in [0.15, 0.2) is 24.3 Å². The zero-order valence-electron chi connectivity index (χ0n) is 14.4. The van der Waals surface area contributed by atoms with Gasteiger partial charge in [0.25, 0.3) is 0 Å². The molecule has 1 aromatic carbocycles. The van der Waals surface area contributed by atoms with Crippen LogP contribution in [-0.2, 0) is 4.57 Å². The molecule has 0 saturated heterocycles. The van der Waals surface area contributed by atoms with Gasteiger partial charge < -0.3 is 4.89 Å². The summed E-state index contributed by atoms with van der Waals surface area (Å²) < 4.78 is 14.3. The van der Waals surface area contributed by atoms with Gasteiger partial charge in [-0.2, -0.15) is 4.35 Å². The second-order valence-electron chi connectivity index (χ2n) is 5.66. The van der Waals surface area contributed by atoms with Crippen molar-refractivity contribution in [1.82, 2.24) is 0 Å². The Morgan fingerprint density at radius 1 is 1.30 bits per heavy atom. The number of benzene rings is 1. The lowest BCUT2D eigenvalue weighted by atomic mass is 10.2. The Morgan fingerprint density at radius 2 is 1.87 bits per heavy atom. The molecule has 1 rings (SSSR count). The van der Waals surface area contributed by atoms with Crippen molar-refractivity contribution in [3.05, 3.63) is 29.3 Å². The van der Waals surface area contributed by atoms with Crippen molar-refractivity contribution in [3.63, 3.8) is 0 Å². The number of anilines is 1. The zero-order valence-corrected chi connectivity index (χ0v) is 16.9. The maximum atomic E-state index is 12.7. The molecule has 4 nitrogen and oxygen atoms in total. The zero-order chi connectivity index (χ0) is 17.6. The van der Waals surface area contributed by atoms with Crippen LogP contribution in [0.25, 0.3) is 0 Å². The maximum Gasteiger partial charge on any atom is 0.433 e. The summed E-state index contributed by atoms with van der Waals surface area (Å²) in [4.78, 5) is 12.4. The molecular weight excluding hydrogens is 351 g/mol. The van der Waals surface area contributed by atoms with E-state index in [-0.39, 0.29) is 11.3 Å². The van der Waals surface area contributed by atoms with Crippen LogP contribution < -0.4 is 4.90 Å². The SMILES string of the molecule is CCC(C)SP(=O)(O)[N+](=CN(c1ccc(Cl)cc1)C(C)C)CC. The lowest BCUT2D eigenvalue weighted by Gasteiger charge is -2.21. The largest absolute Gasteiger partial charge is 0.433 e. The molecule has 0 fully saturated rings. The van der Waals surface area contributed by atoms with Crippen molar-refractivity contribution < 1.29 is 13.8 Å². The lowest BCUT2D eigenvalue weighted by Crippen LogP contribution is -2.33. The molecule has 0 bridgehead atoms. The number of rotatable bonds is 8. The highest BCUT2D eigenvalue weighted by Gasteiger charge is 2.32. The Balaban J connectivity index is 3.17. The van der Waals surface area contributed by atoms with Crippen molar-refractivity contribution in [2.75, 3.05) is 11.4 Å². The number of nitrogens with zero attached hydrogens (tertiary/aromatic N) is 2. The summed E-state index contributed by atoms with van der Waals surface area (Å²) in [6.07, 6.45) is 2.61. The van der Waals surface area contributed by atoms with E-state index in [1.165, 1.54) is 0 Å². The van der Waals surface area contributed by atoms with E-state index >= 15 is 0 Å². The van der Waals surface area contributed by atoms with Crippen LogP contribution in [0.5, 0.6) is 0 Å². The van der Waals surface area contributed by atoms with Crippen LogP contribution in [0.3, 0.4) is 0 Å². The molecule has 0 aromatic heterocycles. The molecule has 130 valence electrons. The minimum absolute atomic E-state index is 0.135. The van der Waals surface area contributed by atoms with E-state index in [9.17, 15) is 9.46 Å². The van der Waals surface area contributed by atoms with Gasteiger partial charge in [-0.15, -0.1) is 0 Å². The molecule has 0 amide bonds. The summed E-state index contributed by atoms with van der Waals surface area (Å²) in [7, 11) is 0. The third kappa shape index (κ3) is 6.15. The van der Waals surface area contributed by atoms with Crippen molar-refractivity contribution in [2.45, 2.75) is 52.3 Å². The van der Waals surface area contributed by atoms with Gasteiger partial charge in [0.2, 0.25) is 6.34 Å². The Kier molecular flexibility index (Phi) is 8.15. The third-order valence-electron chi connectivity index (χ3n) is 3.48. The van der Waals surface area contributed by atoms with Gasteiger partial charge in [0.15, 0.2) is 0 Å². The molecule has 23 heavy (non-hydrogen) atoms. The molecule has 0 aliphatic heterocycles. The van der Waals surface area contributed by atoms with E-state index in [2.05, 4.69) is 0 Å². The highest BCUT2D eigenvalue weighted by Crippen LogP contribution is 2.57. The Morgan fingerprint density at radius 3 is 2.30 bits per heavy atom. The van der Waals surface area contributed by atoms with Gasteiger partial charge in [-0.3, -0.25) is 0 Å². The first-order valence-electron chi connectivity index (χ1n) is 7.88. The topological polar surface area (TPSA) is 43.5 Å². The fraction of sp³-hybridized carbons (Fsp3) is 0.562. The minimum atomic E-state index is -3.47. The number of hydrogen-bond acceptors (Lipinski definition) is 2. The second-order valence-corrected chi connectivity index (χ2v) is 10.7. The van der Waals surface area contributed by atoms with Crippen LogP contribution in [0.1, 0.15) is 41.0 Å². The fourth-order valence-corrected chi connectivity index (χ4v) is 6.10. The van der Waals surface area contributed by atoms with Gasteiger partial charge in [0.1, 0.15) is 5.69 Å². The lowest BCUT2D eigenvalue weighted by molar-refractivity contribution is -0.370. The monoisotopic (exact) mass is 377 g/mol. The van der Waals surface area contributed by atoms with E-state index in [1.807, 2.05) is 63.8 Å². The van der Waals surface area contributed by atoms with Gasteiger partial charge >= 0.3 is 6.72 Å². The summed E-state index contributed by atoms with van der Waals surface area (Å²) in [6.45, 7) is 6.96. The predicted molar refractivity (Wildman–Crippen MR) is 103 cm³/mol. The number of halogens is 1. The van der Waals surface area contributed by atoms with Gasteiger partial charge in [0, 0.05) is 10.3 Å². The molecule has 0 radical (unpaired) electrons. The smallest absolute Gasteiger partial charge is 0.304 e. The summed E-state index contributed by atoms with van der Waals surface area (Å²) >= 11 is 7.09. The average molecular weight is 378 g/mol. The average Bonchev–Trinajstić information content (AvgIpc) is 2.48. The first-order chi connectivity index (χ1) is 10.7. The first kappa shape index (κ1) is 20.6. The molecule has 0 aliphatic rings. The molecule has 1 N–H and O–H groups in total. The molecule has 7 heteroatoms. The van der Waals surface area contributed by atoms with E-state index in [1.54, 1.807) is 10.7 Å². The van der Waals surface area contributed by atoms with E-state index in [0.29, 0.717) is 11.6 Å². The Bertz CT molecular complexity index is 578. The summed E-state index contributed by atoms with van der Waals surface area (Å²) in [6, 6.07) is 7.62. The second kappa shape index (κ2) is 9.12. The van der Waals surface area contributed by atoms with E-state index in [4.69, 9.17) is 11.6 Å². The van der Waals surface area contributed by atoms with Crippen LogP contribution in [0.4, 0.5) is 5.69 Å². The fourth-order valence-electron chi connectivity index (χ4n) is 1.95. The normalized spacial score (nSPS) is 16.3. The molecular formula is C16H27ClN2O2PS+. The van der Waals surface area contributed by atoms with Crippen LogP contribution in [-0.4, -0.2) is 33.4 Å². The van der Waals surface area contributed by atoms with Crippen LogP contribution in [0, 0.1) is 0 Å². The summed E-state index contributed by atoms with van der Waals surface area (Å²) in [5, 5.41) is 0.807. The molecule has 2 unspecified atom stereocenters. The molecule has 0 heterocycles. The van der Waals surface area contributed by atoms with Gasteiger partial charge in [0.05, 0.1) is 12.6 Å². The van der Waals surface area contributed by atoms with Gasteiger partial charge in [-0.1, -0.05) is 25.4 Å². The van der Waals surface area contributed by atoms with E-state index < -0.39 is 6.72 Å². The minimum Gasteiger partial charge on any atom is -0.304 e. The highest BCUT2D eigenvalue weighted by atomic mass is 35.5. The predicted octanol–water partition coefficient (Wildman–Crippen LogP) is 5.25. The van der Waals surface area contributed by atoms with Gasteiger partial charge in [-0.05, 0) is 62.8 Å². The molecule has 0 aliphatic carbocycles.